The Morgan fingerprint density at radius 2 is 2.30 bits per heavy atom. The SMILES string of the molecule is COCCc1noc(CN2CCCC[C@@H]2c2cccc(F)c2)n1. The van der Waals surface area contributed by atoms with Crippen LogP contribution < -0.4 is 0 Å². The van der Waals surface area contributed by atoms with E-state index in [4.69, 9.17) is 9.26 Å². The van der Waals surface area contributed by atoms with Crippen molar-refractivity contribution in [3.05, 3.63) is 47.4 Å². The maximum absolute atomic E-state index is 13.5. The molecule has 3 rings (SSSR count). The van der Waals surface area contributed by atoms with Gasteiger partial charge in [-0.25, -0.2) is 4.39 Å². The quantitative estimate of drug-likeness (QED) is 0.819. The topological polar surface area (TPSA) is 51.4 Å². The molecule has 1 aliphatic rings. The van der Waals surface area contributed by atoms with Crippen LogP contribution in [0.3, 0.4) is 0 Å². The van der Waals surface area contributed by atoms with Crippen LogP contribution in [0.5, 0.6) is 0 Å². The minimum Gasteiger partial charge on any atom is -0.384 e. The lowest BCUT2D eigenvalue weighted by molar-refractivity contribution is 0.123. The number of rotatable bonds is 6. The van der Waals surface area contributed by atoms with E-state index in [-0.39, 0.29) is 11.9 Å². The van der Waals surface area contributed by atoms with E-state index in [1.165, 1.54) is 6.07 Å². The number of hydrogen-bond acceptors (Lipinski definition) is 5. The molecule has 2 aromatic rings. The molecule has 0 aliphatic carbocycles. The number of piperidine rings is 1. The molecule has 2 heterocycles. The Morgan fingerprint density at radius 3 is 3.13 bits per heavy atom. The molecule has 124 valence electrons. The van der Waals surface area contributed by atoms with Crippen molar-refractivity contribution in [2.75, 3.05) is 20.3 Å². The molecule has 5 nitrogen and oxygen atoms in total. The van der Waals surface area contributed by atoms with E-state index < -0.39 is 0 Å². The summed E-state index contributed by atoms with van der Waals surface area (Å²) in [6, 6.07) is 7.07. The van der Waals surface area contributed by atoms with Crippen LogP contribution in [0.15, 0.2) is 28.8 Å². The van der Waals surface area contributed by atoms with Crippen LogP contribution in [0.1, 0.15) is 42.6 Å². The molecule has 0 N–H and O–H groups in total. The molecule has 0 radical (unpaired) electrons. The first kappa shape index (κ1) is 16.1. The second-order valence-electron chi connectivity index (χ2n) is 5.88. The van der Waals surface area contributed by atoms with Crippen molar-refractivity contribution in [3.8, 4) is 0 Å². The highest BCUT2D eigenvalue weighted by Crippen LogP contribution is 2.32. The molecule has 0 spiro atoms. The van der Waals surface area contributed by atoms with Gasteiger partial charge in [0, 0.05) is 19.6 Å². The van der Waals surface area contributed by atoms with Crippen molar-refractivity contribution in [1.82, 2.24) is 15.0 Å². The Labute approximate surface area is 135 Å². The predicted molar refractivity (Wildman–Crippen MR) is 83.3 cm³/mol. The maximum atomic E-state index is 13.5. The van der Waals surface area contributed by atoms with E-state index in [0.29, 0.717) is 31.3 Å². The van der Waals surface area contributed by atoms with Crippen molar-refractivity contribution < 1.29 is 13.7 Å². The first-order valence-electron chi connectivity index (χ1n) is 8.06. The summed E-state index contributed by atoms with van der Waals surface area (Å²) in [7, 11) is 1.65. The highest BCUT2D eigenvalue weighted by Gasteiger charge is 2.26. The largest absolute Gasteiger partial charge is 0.384 e. The van der Waals surface area contributed by atoms with Gasteiger partial charge in [0.2, 0.25) is 5.89 Å². The van der Waals surface area contributed by atoms with Gasteiger partial charge in [-0.2, -0.15) is 4.98 Å². The third-order valence-electron chi connectivity index (χ3n) is 4.23. The lowest BCUT2D eigenvalue weighted by atomic mass is 9.95. The fourth-order valence-electron chi connectivity index (χ4n) is 3.09. The van der Waals surface area contributed by atoms with E-state index in [1.807, 2.05) is 6.07 Å². The Balaban J connectivity index is 1.70. The molecule has 1 aromatic heterocycles. The molecule has 1 aliphatic heterocycles. The molecule has 1 aromatic carbocycles. The van der Waals surface area contributed by atoms with Crippen molar-refractivity contribution in [3.63, 3.8) is 0 Å². The van der Waals surface area contributed by atoms with Gasteiger partial charge >= 0.3 is 0 Å². The number of ether oxygens (including phenoxy) is 1. The highest BCUT2D eigenvalue weighted by molar-refractivity contribution is 5.20. The summed E-state index contributed by atoms with van der Waals surface area (Å²) in [5.74, 6) is 1.09. The predicted octanol–water partition coefficient (Wildman–Crippen LogP) is 3.12. The lowest BCUT2D eigenvalue weighted by Crippen LogP contribution is -2.33. The summed E-state index contributed by atoms with van der Waals surface area (Å²) in [5.41, 5.74) is 1.02. The second kappa shape index (κ2) is 7.66. The van der Waals surface area contributed by atoms with Crippen molar-refractivity contribution >= 4 is 0 Å². The van der Waals surface area contributed by atoms with Gasteiger partial charge < -0.3 is 9.26 Å². The number of likely N-dealkylation sites (tertiary alicyclic amines) is 1. The van der Waals surface area contributed by atoms with Crippen molar-refractivity contribution in [1.29, 1.82) is 0 Å². The summed E-state index contributed by atoms with van der Waals surface area (Å²) < 4.78 is 23.9. The third kappa shape index (κ3) is 4.14. The standard InChI is InChI=1S/C17H22FN3O2/c1-22-10-8-16-19-17(23-20-16)12-21-9-3-2-7-15(21)13-5-4-6-14(18)11-13/h4-6,11,15H,2-3,7-10,12H2,1H3/t15-/m1/s1. The molecule has 1 atom stereocenters. The van der Waals surface area contributed by atoms with Gasteiger partial charge in [-0.1, -0.05) is 23.7 Å². The number of methoxy groups -OCH3 is 1. The van der Waals surface area contributed by atoms with E-state index in [0.717, 1.165) is 31.4 Å². The maximum Gasteiger partial charge on any atom is 0.240 e. The summed E-state index contributed by atoms with van der Waals surface area (Å²) in [5, 5.41) is 3.98. The van der Waals surface area contributed by atoms with Crippen molar-refractivity contribution in [2.45, 2.75) is 38.3 Å². The Kier molecular flexibility index (Phi) is 5.35. The molecule has 0 unspecified atom stereocenters. The fourth-order valence-corrected chi connectivity index (χ4v) is 3.09. The van der Waals surface area contributed by atoms with Crippen LogP contribution in [0.25, 0.3) is 0 Å². The van der Waals surface area contributed by atoms with Gasteiger partial charge in [0.15, 0.2) is 5.82 Å². The Morgan fingerprint density at radius 1 is 1.39 bits per heavy atom. The summed E-state index contributed by atoms with van der Waals surface area (Å²) in [6.45, 7) is 2.13. The normalized spacial score (nSPS) is 19.1. The van der Waals surface area contributed by atoms with Crippen molar-refractivity contribution in [2.24, 2.45) is 0 Å². The Hall–Kier alpha value is -1.79. The molecular weight excluding hydrogens is 297 g/mol. The van der Waals surface area contributed by atoms with E-state index in [1.54, 1.807) is 19.2 Å². The van der Waals surface area contributed by atoms with Gasteiger partial charge in [-0.15, -0.1) is 0 Å². The Bertz CT molecular complexity index is 632. The zero-order valence-electron chi connectivity index (χ0n) is 13.4. The molecule has 1 fully saturated rings. The molecule has 23 heavy (non-hydrogen) atoms. The van der Waals surface area contributed by atoms with Gasteiger partial charge in [0.25, 0.3) is 0 Å². The molecule has 0 amide bonds. The summed E-state index contributed by atoms with van der Waals surface area (Å²) in [6.07, 6.45) is 3.96. The van der Waals surface area contributed by atoms with Crippen LogP contribution in [-0.2, 0) is 17.7 Å². The van der Waals surface area contributed by atoms with Crippen LogP contribution in [0, 0.1) is 5.82 Å². The molecule has 1 saturated heterocycles. The monoisotopic (exact) mass is 319 g/mol. The number of halogens is 1. The summed E-state index contributed by atoms with van der Waals surface area (Å²) >= 11 is 0. The molecular formula is C17H22FN3O2. The zero-order valence-corrected chi connectivity index (χ0v) is 13.4. The molecule has 0 saturated carbocycles. The number of hydrogen-bond donors (Lipinski definition) is 0. The number of nitrogens with zero attached hydrogens (tertiary/aromatic N) is 3. The van der Waals surface area contributed by atoms with E-state index in [2.05, 4.69) is 15.0 Å². The zero-order chi connectivity index (χ0) is 16.1. The van der Waals surface area contributed by atoms with Crippen LogP contribution in [-0.4, -0.2) is 35.3 Å². The van der Waals surface area contributed by atoms with E-state index >= 15 is 0 Å². The highest BCUT2D eigenvalue weighted by atomic mass is 19.1. The molecule has 6 heteroatoms. The van der Waals surface area contributed by atoms with Gasteiger partial charge in [-0.3, -0.25) is 4.90 Å². The van der Waals surface area contributed by atoms with Gasteiger partial charge in [0.1, 0.15) is 5.82 Å². The van der Waals surface area contributed by atoms with Crippen LogP contribution in [0.4, 0.5) is 4.39 Å². The second-order valence-corrected chi connectivity index (χ2v) is 5.88. The fraction of sp³-hybridized carbons (Fsp3) is 0.529. The average Bonchev–Trinajstić information content (AvgIpc) is 3.01. The minimum absolute atomic E-state index is 0.187. The minimum atomic E-state index is -0.187. The molecule has 0 bridgehead atoms. The first-order chi connectivity index (χ1) is 11.3. The van der Waals surface area contributed by atoms with Crippen LogP contribution >= 0.6 is 0 Å². The van der Waals surface area contributed by atoms with E-state index in [9.17, 15) is 4.39 Å². The first-order valence-corrected chi connectivity index (χ1v) is 8.06. The van der Waals surface area contributed by atoms with Gasteiger partial charge in [-0.05, 0) is 37.1 Å². The third-order valence-corrected chi connectivity index (χ3v) is 4.23. The van der Waals surface area contributed by atoms with Gasteiger partial charge in [0.05, 0.1) is 13.2 Å². The average molecular weight is 319 g/mol. The smallest absolute Gasteiger partial charge is 0.240 e. The lowest BCUT2D eigenvalue weighted by Gasteiger charge is -2.35. The van der Waals surface area contributed by atoms with Crippen LogP contribution in [0.2, 0.25) is 0 Å². The summed E-state index contributed by atoms with van der Waals surface area (Å²) in [4.78, 5) is 6.71. The number of aromatic nitrogens is 2. The number of benzene rings is 1.